The van der Waals surface area contributed by atoms with Crippen LogP contribution < -0.4 is 5.56 Å². The highest BCUT2D eigenvalue weighted by atomic mass is 16.6. The highest BCUT2D eigenvalue weighted by Gasteiger charge is 2.43. The Kier molecular flexibility index (Phi) is 4.44. The van der Waals surface area contributed by atoms with E-state index in [0.29, 0.717) is 22.5 Å². The van der Waals surface area contributed by atoms with Gasteiger partial charge in [-0.2, -0.15) is 9.78 Å². The summed E-state index contributed by atoms with van der Waals surface area (Å²) in [4.78, 5) is 13.2. The van der Waals surface area contributed by atoms with Crippen LogP contribution in [0, 0.1) is 6.92 Å². The van der Waals surface area contributed by atoms with E-state index in [-0.39, 0.29) is 5.56 Å². The van der Waals surface area contributed by atoms with Crippen molar-refractivity contribution in [2.45, 2.75) is 31.5 Å². The minimum Gasteiger partial charge on any atom is -0.394 e. The van der Waals surface area contributed by atoms with Crippen LogP contribution in [0.2, 0.25) is 0 Å². The standard InChI is InChI=1S/C22H21N3O5/c1-12-6-8-13(9-7-12)25-21(29)15-10-24(22-20(28)19(27)17(11-26)30-22)16-5-3-2-4-14(16)18(15)23-25/h2-10,17,19-20,22,26-28H,11H2,1H3/t17-,19-,20-,22?/m1/s1. The van der Waals surface area contributed by atoms with Crippen LogP contribution in [0.15, 0.2) is 59.5 Å². The molecule has 2 aromatic rings. The smallest absolute Gasteiger partial charge is 0.282 e. The fraction of sp³-hybridized carbons (Fsp3) is 0.273. The Morgan fingerprint density at radius 2 is 1.80 bits per heavy atom. The number of aliphatic hydroxyl groups is 3. The lowest BCUT2D eigenvalue weighted by molar-refractivity contribution is -0.0508. The molecule has 154 valence electrons. The first-order valence-corrected chi connectivity index (χ1v) is 9.71. The molecule has 0 amide bonds. The molecule has 0 bridgehead atoms. The molecular weight excluding hydrogens is 386 g/mol. The van der Waals surface area contributed by atoms with Crippen molar-refractivity contribution in [3.8, 4) is 16.9 Å². The van der Waals surface area contributed by atoms with Gasteiger partial charge < -0.3 is 24.6 Å². The molecule has 0 radical (unpaired) electrons. The Bertz CT molecular complexity index is 1250. The lowest BCUT2D eigenvalue weighted by atomic mass is 10.1. The summed E-state index contributed by atoms with van der Waals surface area (Å²) in [6, 6.07) is 14.9. The average Bonchev–Trinajstić information content (AvgIpc) is 3.25. The number of ether oxygens (including phenoxy) is 1. The molecule has 2 aromatic carbocycles. The van der Waals surface area contributed by atoms with Crippen molar-refractivity contribution in [2.75, 3.05) is 6.61 Å². The van der Waals surface area contributed by atoms with E-state index < -0.39 is 31.1 Å². The first-order chi connectivity index (χ1) is 14.5. The van der Waals surface area contributed by atoms with Crippen LogP contribution in [-0.2, 0) is 4.74 Å². The molecule has 3 N–H and O–H groups in total. The van der Waals surface area contributed by atoms with E-state index >= 15 is 0 Å². The van der Waals surface area contributed by atoms with E-state index in [9.17, 15) is 20.1 Å². The van der Waals surface area contributed by atoms with Gasteiger partial charge in [-0.25, -0.2) is 0 Å². The molecule has 0 saturated carbocycles. The summed E-state index contributed by atoms with van der Waals surface area (Å²) in [5.41, 5.74) is 3.04. The number of benzene rings is 2. The number of pyridine rings is 1. The molecule has 1 fully saturated rings. The topological polar surface area (TPSA) is 110 Å². The zero-order valence-electron chi connectivity index (χ0n) is 16.2. The van der Waals surface area contributed by atoms with Gasteiger partial charge in [0, 0.05) is 11.6 Å². The van der Waals surface area contributed by atoms with Crippen molar-refractivity contribution in [1.29, 1.82) is 0 Å². The number of hydrogen-bond donors (Lipinski definition) is 3. The maximum absolute atomic E-state index is 13.2. The van der Waals surface area contributed by atoms with Crippen molar-refractivity contribution in [1.82, 2.24) is 14.3 Å². The van der Waals surface area contributed by atoms with E-state index in [2.05, 4.69) is 5.10 Å². The number of rotatable bonds is 3. The van der Waals surface area contributed by atoms with Gasteiger partial charge in [0.05, 0.1) is 23.4 Å². The third kappa shape index (κ3) is 2.77. The van der Waals surface area contributed by atoms with Gasteiger partial charge in [0.15, 0.2) is 6.23 Å². The van der Waals surface area contributed by atoms with Gasteiger partial charge in [-0.1, -0.05) is 35.9 Å². The molecule has 0 aliphatic carbocycles. The molecule has 8 nitrogen and oxygen atoms in total. The lowest BCUT2D eigenvalue weighted by Gasteiger charge is -2.22. The van der Waals surface area contributed by atoms with Crippen molar-refractivity contribution < 1.29 is 20.1 Å². The maximum Gasteiger partial charge on any atom is 0.282 e. The largest absolute Gasteiger partial charge is 0.394 e. The Labute approximate surface area is 171 Å². The molecule has 5 rings (SSSR count). The Hall–Kier alpha value is -3.04. The number of aryl methyl sites for hydroxylation is 1. The van der Waals surface area contributed by atoms with Crippen molar-refractivity contribution in [3.05, 3.63) is 70.6 Å². The Morgan fingerprint density at radius 3 is 2.50 bits per heavy atom. The van der Waals surface area contributed by atoms with Crippen LogP contribution in [0.5, 0.6) is 0 Å². The zero-order valence-corrected chi connectivity index (χ0v) is 16.2. The van der Waals surface area contributed by atoms with Crippen LogP contribution in [-0.4, -0.2) is 54.6 Å². The number of aliphatic hydroxyl groups excluding tert-OH is 3. The minimum absolute atomic E-state index is 0.292. The van der Waals surface area contributed by atoms with Gasteiger partial charge in [-0.15, -0.1) is 0 Å². The maximum atomic E-state index is 13.2. The summed E-state index contributed by atoms with van der Waals surface area (Å²) >= 11 is 0. The third-order valence-corrected chi connectivity index (χ3v) is 5.65. The Morgan fingerprint density at radius 1 is 1.07 bits per heavy atom. The summed E-state index contributed by atoms with van der Waals surface area (Å²) in [7, 11) is 0. The quantitative estimate of drug-likeness (QED) is 0.471. The van der Waals surface area contributed by atoms with Crippen molar-refractivity contribution in [2.24, 2.45) is 0 Å². The second-order valence-electron chi connectivity index (χ2n) is 7.60. The number of hydrogen-bond acceptors (Lipinski definition) is 6. The molecule has 1 saturated heterocycles. The van der Waals surface area contributed by atoms with Gasteiger partial charge >= 0.3 is 0 Å². The molecule has 30 heavy (non-hydrogen) atoms. The first kappa shape index (κ1) is 19.0. The predicted octanol–water partition coefficient (Wildman–Crippen LogP) is 1.21. The SMILES string of the molecule is Cc1ccc(-n2nc3c4ccccc4n(C4O[C@H](CO)[C@@H](O)[C@H]4O)cc-3c2=O)cc1. The lowest BCUT2D eigenvalue weighted by Crippen LogP contribution is -2.33. The molecular formula is C22H21N3O5. The molecule has 3 aliphatic rings. The average molecular weight is 407 g/mol. The van der Waals surface area contributed by atoms with Gasteiger partial charge in [0.1, 0.15) is 24.0 Å². The summed E-state index contributed by atoms with van der Waals surface area (Å²) < 4.78 is 8.69. The van der Waals surface area contributed by atoms with Gasteiger partial charge in [-0.05, 0) is 25.1 Å². The van der Waals surface area contributed by atoms with E-state index in [0.717, 1.165) is 10.9 Å². The van der Waals surface area contributed by atoms with Gasteiger partial charge in [0.2, 0.25) is 0 Å². The molecule has 0 aromatic heterocycles. The van der Waals surface area contributed by atoms with Gasteiger partial charge in [-0.3, -0.25) is 4.79 Å². The normalized spacial score (nSPS) is 24.1. The molecule has 0 spiro atoms. The predicted molar refractivity (Wildman–Crippen MR) is 110 cm³/mol. The van der Waals surface area contributed by atoms with Crippen LogP contribution in [0.1, 0.15) is 11.8 Å². The van der Waals surface area contributed by atoms with Gasteiger partial charge in [0.25, 0.3) is 5.56 Å². The van der Waals surface area contributed by atoms with Crippen molar-refractivity contribution in [3.63, 3.8) is 0 Å². The third-order valence-electron chi connectivity index (χ3n) is 5.65. The highest BCUT2D eigenvalue weighted by molar-refractivity contribution is 5.93. The number of fused-ring (bicyclic) bond motifs is 3. The molecule has 8 heteroatoms. The summed E-state index contributed by atoms with van der Waals surface area (Å²) in [6.45, 7) is 1.55. The summed E-state index contributed by atoms with van der Waals surface area (Å²) in [5, 5.41) is 35.4. The van der Waals surface area contributed by atoms with E-state index in [1.54, 1.807) is 10.8 Å². The van der Waals surface area contributed by atoms with Crippen LogP contribution in [0.3, 0.4) is 0 Å². The molecule has 3 aliphatic heterocycles. The van der Waals surface area contributed by atoms with Crippen LogP contribution in [0.25, 0.3) is 27.8 Å². The zero-order chi connectivity index (χ0) is 21.0. The fourth-order valence-electron chi connectivity index (χ4n) is 4.02. The van der Waals surface area contributed by atoms with Crippen LogP contribution >= 0.6 is 0 Å². The molecule has 3 heterocycles. The molecule has 4 atom stereocenters. The Balaban J connectivity index is 1.75. The number of nitrogens with zero attached hydrogens (tertiary/aromatic N) is 3. The second kappa shape index (κ2) is 7.03. The van der Waals surface area contributed by atoms with Crippen LogP contribution in [0.4, 0.5) is 0 Å². The summed E-state index contributed by atoms with van der Waals surface area (Å²) in [5.74, 6) is 0. The highest BCUT2D eigenvalue weighted by Crippen LogP contribution is 2.35. The number of para-hydroxylation sites is 1. The molecule has 1 unspecified atom stereocenters. The fourth-order valence-corrected chi connectivity index (χ4v) is 4.02. The van der Waals surface area contributed by atoms with E-state index in [1.807, 2.05) is 55.5 Å². The van der Waals surface area contributed by atoms with Crippen molar-refractivity contribution >= 4 is 10.9 Å². The first-order valence-electron chi connectivity index (χ1n) is 9.71. The van der Waals surface area contributed by atoms with E-state index in [4.69, 9.17) is 4.74 Å². The summed E-state index contributed by atoms with van der Waals surface area (Å²) in [6.07, 6.45) is -2.75. The van der Waals surface area contributed by atoms with E-state index in [1.165, 1.54) is 4.68 Å². The minimum atomic E-state index is -1.25. The second-order valence-corrected chi connectivity index (χ2v) is 7.60. The number of aromatic nitrogens is 3. The monoisotopic (exact) mass is 407 g/mol.